The number of halogens is 5. The standard InChI is InChI=1S/C20H25Cl2F3N2O3/c1-6-9-19(11-26(5)16(28)20(23,24)25,12-27(17(29)30)18(2,3)4)13-7-8-14(21)15(22)10-13/h6-8,10H,1,9,11-12H2,2-5H3,(H,29,30). The van der Waals surface area contributed by atoms with Crippen molar-refractivity contribution in [3.8, 4) is 0 Å². The van der Waals surface area contributed by atoms with Gasteiger partial charge in [-0.3, -0.25) is 4.79 Å². The molecular formula is C20H25Cl2F3N2O3. The van der Waals surface area contributed by atoms with Crippen LogP contribution in [0.4, 0.5) is 18.0 Å². The van der Waals surface area contributed by atoms with Gasteiger partial charge in [0.15, 0.2) is 0 Å². The van der Waals surface area contributed by atoms with Gasteiger partial charge in [-0.1, -0.05) is 35.3 Å². The van der Waals surface area contributed by atoms with Gasteiger partial charge in [0.25, 0.3) is 0 Å². The first-order valence-electron chi connectivity index (χ1n) is 8.94. The molecule has 0 saturated carbocycles. The Morgan fingerprint density at radius 1 is 1.13 bits per heavy atom. The zero-order chi connectivity index (χ0) is 23.5. The van der Waals surface area contributed by atoms with Gasteiger partial charge in [-0.25, -0.2) is 4.79 Å². The van der Waals surface area contributed by atoms with Crippen molar-refractivity contribution in [2.75, 3.05) is 20.1 Å². The molecule has 1 rings (SSSR count). The second-order valence-electron chi connectivity index (χ2n) is 8.10. The molecule has 0 fully saturated rings. The predicted molar refractivity (Wildman–Crippen MR) is 111 cm³/mol. The number of likely N-dealkylation sites (N-methyl/N-ethyl adjacent to an activating group) is 1. The Morgan fingerprint density at radius 2 is 1.70 bits per heavy atom. The normalized spacial score (nSPS) is 14.0. The van der Waals surface area contributed by atoms with Gasteiger partial charge in [0.2, 0.25) is 0 Å². The van der Waals surface area contributed by atoms with E-state index < -0.39 is 35.7 Å². The van der Waals surface area contributed by atoms with E-state index >= 15 is 0 Å². The number of carboxylic acid groups (broad SMARTS) is 1. The summed E-state index contributed by atoms with van der Waals surface area (Å²) < 4.78 is 39.0. The van der Waals surface area contributed by atoms with Gasteiger partial charge >= 0.3 is 18.2 Å². The third kappa shape index (κ3) is 6.28. The van der Waals surface area contributed by atoms with Gasteiger partial charge in [-0.05, 0) is 44.9 Å². The molecule has 0 radical (unpaired) electrons. The highest BCUT2D eigenvalue weighted by Crippen LogP contribution is 2.37. The summed E-state index contributed by atoms with van der Waals surface area (Å²) in [6, 6.07) is 4.51. The van der Waals surface area contributed by atoms with E-state index in [9.17, 15) is 27.9 Å². The summed E-state index contributed by atoms with van der Waals surface area (Å²) in [4.78, 5) is 25.4. The van der Waals surface area contributed by atoms with Gasteiger partial charge in [-0.2, -0.15) is 13.2 Å². The lowest BCUT2D eigenvalue weighted by Gasteiger charge is -2.44. The molecule has 5 nitrogen and oxygen atoms in total. The fourth-order valence-corrected chi connectivity index (χ4v) is 3.52. The number of rotatable bonds is 7. The van der Waals surface area contributed by atoms with E-state index in [4.69, 9.17) is 23.2 Å². The smallest absolute Gasteiger partial charge is 0.465 e. The Morgan fingerprint density at radius 3 is 2.10 bits per heavy atom. The van der Waals surface area contributed by atoms with Gasteiger partial charge in [0.05, 0.1) is 10.0 Å². The molecule has 30 heavy (non-hydrogen) atoms. The van der Waals surface area contributed by atoms with Crippen molar-refractivity contribution in [2.24, 2.45) is 0 Å². The molecule has 168 valence electrons. The number of alkyl halides is 3. The van der Waals surface area contributed by atoms with E-state index in [0.29, 0.717) is 10.5 Å². The van der Waals surface area contributed by atoms with Crippen LogP contribution in [0.1, 0.15) is 32.8 Å². The molecule has 0 bridgehead atoms. The van der Waals surface area contributed by atoms with E-state index in [0.717, 1.165) is 11.9 Å². The lowest BCUT2D eigenvalue weighted by molar-refractivity contribution is -0.184. The summed E-state index contributed by atoms with van der Waals surface area (Å²) in [6.45, 7) is 8.05. The van der Waals surface area contributed by atoms with Crippen LogP contribution in [0.5, 0.6) is 0 Å². The minimum absolute atomic E-state index is 0.0836. The molecule has 1 N–H and O–H groups in total. The second-order valence-corrected chi connectivity index (χ2v) is 8.91. The van der Waals surface area contributed by atoms with Crippen LogP contribution in [0.25, 0.3) is 0 Å². The molecule has 0 spiro atoms. The average Bonchev–Trinajstić information content (AvgIpc) is 2.59. The first-order chi connectivity index (χ1) is 13.5. The van der Waals surface area contributed by atoms with E-state index in [1.807, 2.05) is 0 Å². The fourth-order valence-electron chi connectivity index (χ4n) is 3.22. The summed E-state index contributed by atoms with van der Waals surface area (Å²) in [7, 11) is 1.02. The van der Waals surface area contributed by atoms with Crippen LogP contribution in [0.2, 0.25) is 10.0 Å². The first kappa shape index (κ1) is 26.1. The molecule has 2 amide bonds. The van der Waals surface area contributed by atoms with Crippen LogP contribution in [0.3, 0.4) is 0 Å². The molecule has 0 heterocycles. The molecule has 1 unspecified atom stereocenters. The second kappa shape index (κ2) is 9.47. The molecule has 0 aromatic heterocycles. The number of benzene rings is 1. The van der Waals surface area contributed by atoms with Crippen LogP contribution in [0, 0.1) is 0 Å². The first-order valence-corrected chi connectivity index (χ1v) is 9.70. The summed E-state index contributed by atoms with van der Waals surface area (Å²) in [5.74, 6) is -2.03. The number of carbonyl (C=O) groups excluding carboxylic acids is 1. The molecule has 0 aliphatic carbocycles. The van der Waals surface area contributed by atoms with Crippen molar-refractivity contribution in [1.29, 1.82) is 0 Å². The third-order valence-corrected chi connectivity index (χ3v) is 5.44. The summed E-state index contributed by atoms with van der Waals surface area (Å²) >= 11 is 12.1. The van der Waals surface area contributed by atoms with E-state index in [1.165, 1.54) is 18.2 Å². The Labute approximate surface area is 184 Å². The van der Waals surface area contributed by atoms with E-state index in [1.54, 1.807) is 26.8 Å². The van der Waals surface area contributed by atoms with Gasteiger partial charge in [0.1, 0.15) is 0 Å². The lowest BCUT2D eigenvalue weighted by atomic mass is 9.75. The maximum absolute atomic E-state index is 13.0. The minimum atomic E-state index is -5.07. The molecule has 0 aliphatic rings. The number of allylic oxidation sites excluding steroid dienone is 1. The van der Waals surface area contributed by atoms with Crippen molar-refractivity contribution >= 4 is 35.2 Å². The number of carbonyl (C=O) groups is 2. The highest BCUT2D eigenvalue weighted by Gasteiger charge is 2.46. The van der Waals surface area contributed by atoms with Gasteiger partial charge in [0, 0.05) is 31.1 Å². The predicted octanol–water partition coefficient (Wildman–Crippen LogP) is 5.61. The van der Waals surface area contributed by atoms with Crippen LogP contribution in [-0.4, -0.2) is 58.8 Å². The average molecular weight is 469 g/mol. The molecular weight excluding hydrogens is 444 g/mol. The number of hydrogen-bond donors (Lipinski definition) is 1. The molecule has 10 heteroatoms. The Hall–Kier alpha value is -1.93. The minimum Gasteiger partial charge on any atom is -0.465 e. The Kier molecular flexibility index (Phi) is 8.24. The zero-order valence-electron chi connectivity index (χ0n) is 17.2. The van der Waals surface area contributed by atoms with Crippen molar-refractivity contribution in [2.45, 2.75) is 44.3 Å². The molecule has 1 atom stereocenters. The van der Waals surface area contributed by atoms with Crippen molar-refractivity contribution < 1.29 is 27.9 Å². The maximum atomic E-state index is 13.0. The van der Waals surface area contributed by atoms with Crippen LogP contribution in [0.15, 0.2) is 30.9 Å². The van der Waals surface area contributed by atoms with Crippen LogP contribution < -0.4 is 0 Å². The fraction of sp³-hybridized carbons (Fsp3) is 0.500. The van der Waals surface area contributed by atoms with Crippen molar-refractivity contribution in [3.63, 3.8) is 0 Å². The Balaban J connectivity index is 3.64. The largest absolute Gasteiger partial charge is 0.471 e. The van der Waals surface area contributed by atoms with Crippen molar-refractivity contribution in [1.82, 2.24) is 9.80 Å². The maximum Gasteiger partial charge on any atom is 0.471 e. The molecule has 0 aliphatic heterocycles. The third-order valence-electron chi connectivity index (χ3n) is 4.70. The topological polar surface area (TPSA) is 60.9 Å². The number of amides is 2. The van der Waals surface area contributed by atoms with Gasteiger partial charge < -0.3 is 14.9 Å². The quantitative estimate of drug-likeness (QED) is 0.529. The highest BCUT2D eigenvalue weighted by molar-refractivity contribution is 6.42. The number of nitrogens with zero attached hydrogens (tertiary/aromatic N) is 2. The van der Waals surface area contributed by atoms with Crippen LogP contribution in [-0.2, 0) is 10.2 Å². The van der Waals surface area contributed by atoms with Crippen LogP contribution >= 0.6 is 23.2 Å². The van der Waals surface area contributed by atoms with Gasteiger partial charge in [-0.15, -0.1) is 6.58 Å². The molecule has 1 aromatic rings. The van der Waals surface area contributed by atoms with Crippen molar-refractivity contribution in [3.05, 3.63) is 46.5 Å². The highest BCUT2D eigenvalue weighted by atomic mass is 35.5. The summed E-state index contributed by atoms with van der Waals surface area (Å²) in [5.41, 5.74) is -1.67. The SMILES string of the molecule is C=CCC(CN(C)C(=O)C(F)(F)F)(CN(C(=O)O)C(C)(C)C)c1ccc(Cl)c(Cl)c1. The van der Waals surface area contributed by atoms with E-state index in [-0.39, 0.29) is 23.0 Å². The Bertz CT molecular complexity index is 809. The summed E-state index contributed by atoms with van der Waals surface area (Å²) in [6.07, 6.45) is -4.76. The summed E-state index contributed by atoms with van der Waals surface area (Å²) in [5, 5.41) is 10.1. The zero-order valence-corrected chi connectivity index (χ0v) is 18.7. The molecule has 1 aromatic carbocycles. The number of hydrogen-bond acceptors (Lipinski definition) is 2. The molecule has 0 saturated heterocycles. The monoisotopic (exact) mass is 468 g/mol. The van der Waals surface area contributed by atoms with E-state index in [2.05, 4.69) is 6.58 Å². The lowest BCUT2D eigenvalue weighted by Crippen LogP contribution is -2.56.